The van der Waals surface area contributed by atoms with Gasteiger partial charge in [-0.2, -0.15) is 0 Å². The molecule has 0 radical (unpaired) electrons. The summed E-state index contributed by atoms with van der Waals surface area (Å²) in [4.78, 5) is 3.94. The van der Waals surface area contributed by atoms with Crippen LogP contribution in [0.15, 0.2) is 4.21 Å². The Morgan fingerprint density at radius 1 is 1.50 bits per heavy atom. The van der Waals surface area contributed by atoms with E-state index in [1.165, 1.54) is 0 Å². The van der Waals surface area contributed by atoms with Gasteiger partial charge < -0.3 is 10.5 Å². The third-order valence-electron chi connectivity index (χ3n) is 3.08. The highest BCUT2D eigenvalue weighted by atomic mass is 32.2. The van der Waals surface area contributed by atoms with Gasteiger partial charge in [0, 0.05) is 13.2 Å². The number of ether oxygens (including phenoxy) is 1. The smallest absolute Gasteiger partial charge is 0.252 e. The SMILES string of the molecule is COC1CCCC1NS(=O)(=O)c1sc(N)nc1C. The summed E-state index contributed by atoms with van der Waals surface area (Å²) in [6, 6.07) is -0.164. The number of nitrogens with zero attached hydrogens (tertiary/aromatic N) is 1. The van der Waals surface area contributed by atoms with Crippen LogP contribution in [0.3, 0.4) is 0 Å². The monoisotopic (exact) mass is 291 g/mol. The van der Waals surface area contributed by atoms with Crippen molar-refractivity contribution in [1.29, 1.82) is 0 Å². The second-order valence-electron chi connectivity index (χ2n) is 4.36. The summed E-state index contributed by atoms with van der Waals surface area (Å²) < 4.78 is 32.6. The van der Waals surface area contributed by atoms with Crippen LogP contribution in [0.2, 0.25) is 0 Å². The predicted octanol–water partition coefficient (Wildman–Crippen LogP) is 0.880. The Bertz CT molecular complexity index is 526. The number of thiazole rings is 1. The van der Waals surface area contributed by atoms with Gasteiger partial charge in [-0.1, -0.05) is 11.3 Å². The van der Waals surface area contributed by atoms with E-state index in [0.29, 0.717) is 5.69 Å². The van der Waals surface area contributed by atoms with Crippen LogP contribution in [0.4, 0.5) is 5.13 Å². The van der Waals surface area contributed by atoms with Crippen LogP contribution >= 0.6 is 11.3 Å². The molecular weight excluding hydrogens is 274 g/mol. The molecule has 1 aliphatic carbocycles. The number of nitrogens with two attached hydrogens (primary N) is 1. The van der Waals surface area contributed by atoms with Crippen LogP contribution in [0.25, 0.3) is 0 Å². The van der Waals surface area contributed by atoms with Gasteiger partial charge in [0.2, 0.25) is 0 Å². The molecule has 1 aromatic heterocycles. The molecule has 1 fully saturated rings. The largest absolute Gasteiger partial charge is 0.380 e. The summed E-state index contributed by atoms with van der Waals surface area (Å²) in [6.45, 7) is 1.64. The summed E-state index contributed by atoms with van der Waals surface area (Å²) >= 11 is 0.989. The van der Waals surface area contributed by atoms with E-state index in [0.717, 1.165) is 30.6 Å². The number of sulfonamides is 1. The number of nitrogen functional groups attached to an aromatic ring is 1. The maximum atomic E-state index is 12.2. The molecule has 8 heteroatoms. The van der Waals surface area contributed by atoms with Crippen molar-refractivity contribution >= 4 is 26.5 Å². The Morgan fingerprint density at radius 2 is 2.22 bits per heavy atom. The zero-order valence-electron chi connectivity index (χ0n) is 10.3. The molecule has 18 heavy (non-hydrogen) atoms. The highest BCUT2D eigenvalue weighted by Crippen LogP contribution is 2.28. The first-order valence-corrected chi connectivity index (χ1v) is 8.02. The average Bonchev–Trinajstić information content (AvgIpc) is 2.84. The Kier molecular flexibility index (Phi) is 3.90. The molecule has 0 amide bonds. The number of anilines is 1. The van der Waals surface area contributed by atoms with Crippen LogP contribution in [0.1, 0.15) is 25.0 Å². The van der Waals surface area contributed by atoms with Crippen LogP contribution in [-0.4, -0.2) is 32.7 Å². The van der Waals surface area contributed by atoms with Crippen molar-refractivity contribution < 1.29 is 13.2 Å². The molecule has 0 bridgehead atoms. The second kappa shape index (κ2) is 5.12. The van der Waals surface area contributed by atoms with Gasteiger partial charge in [0.05, 0.1) is 11.8 Å². The fraction of sp³-hybridized carbons (Fsp3) is 0.700. The molecule has 1 aromatic rings. The number of hydrogen-bond donors (Lipinski definition) is 2. The molecule has 102 valence electrons. The molecule has 0 saturated heterocycles. The maximum Gasteiger partial charge on any atom is 0.252 e. The van der Waals surface area contributed by atoms with Gasteiger partial charge in [0.15, 0.2) is 9.34 Å². The zero-order chi connectivity index (χ0) is 13.3. The molecule has 2 atom stereocenters. The maximum absolute atomic E-state index is 12.2. The summed E-state index contributed by atoms with van der Waals surface area (Å²) in [5.74, 6) is 0. The quantitative estimate of drug-likeness (QED) is 0.858. The third-order valence-corrected chi connectivity index (χ3v) is 6.16. The first kappa shape index (κ1) is 13.7. The summed E-state index contributed by atoms with van der Waals surface area (Å²) in [7, 11) is -1.95. The Labute approximate surface area is 111 Å². The van der Waals surface area contributed by atoms with Crippen LogP contribution < -0.4 is 10.5 Å². The van der Waals surface area contributed by atoms with Crippen LogP contribution in [-0.2, 0) is 14.8 Å². The molecule has 1 aliphatic rings. The minimum Gasteiger partial charge on any atom is -0.380 e. The van der Waals surface area contributed by atoms with Gasteiger partial charge >= 0.3 is 0 Å². The molecule has 1 saturated carbocycles. The number of nitrogens with one attached hydrogen (secondary N) is 1. The predicted molar refractivity (Wildman–Crippen MR) is 70.0 cm³/mol. The van der Waals surface area contributed by atoms with Crippen molar-refractivity contribution in [2.75, 3.05) is 12.8 Å². The third kappa shape index (κ3) is 2.66. The van der Waals surface area contributed by atoms with Crippen molar-refractivity contribution in [2.24, 2.45) is 0 Å². The number of aromatic nitrogens is 1. The average molecular weight is 291 g/mol. The zero-order valence-corrected chi connectivity index (χ0v) is 12.0. The molecule has 1 heterocycles. The van der Waals surface area contributed by atoms with E-state index in [-0.39, 0.29) is 21.5 Å². The lowest BCUT2D eigenvalue weighted by molar-refractivity contribution is 0.0916. The van der Waals surface area contributed by atoms with Gasteiger partial charge in [-0.3, -0.25) is 0 Å². The lowest BCUT2D eigenvalue weighted by Gasteiger charge is -2.19. The topological polar surface area (TPSA) is 94.3 Å². The van der Waals surface area contributed by atoms with E-state index in [4.69, 9.17) is 10.5 Å². The number of aryl methyl sites for hydroxylation is 1. The minimum absolute atomic E-state index is 0.0506. The fourth-order valence-electron chi connectivity index (χ4n) is 2.25. The standard InChI is InChI=1S/C10H17N3O3S2/c1-6-9(17-10(11)12-6)18(14,15)13-7-4-3-5-8(7)16-2/h7-8,13H,3-5H2,1-2H3,(H2,11,12). The van der Waals surface area contributed by atoms with Gasteiger partial charge in [-0.05, 0) is 26.2 Å². The first-order valence-electron chi connectivity index (χ1n) is 5.72. The normalized spacial score (nSPS) is 24.6. The van der Waals surface area contributed by atoms with E-state index < -0.39 is 10.0 Å². The molecule has 2 rings (SSSR count). The first-order chi connectivity index (χ1) is 8.44. The lowest BCUT2D eigenvalue weighted by atomic mass is 10.2. The van der Waals surface area contributed by atoms with E-state index in [1.807, 2.05) is 0 Å². The van der Waals surface area contributed by atoms with Crippen molar-refractivity contribution in [3.8, 4) is 0 Å². The van der Waals surface area contributed by atoms with Crippen molar-refractivity contribution in [2.45, 2.75) is 42.5 Å². The molecule has 0 spiro atoms. The highest BCUT2D eigenvalue weighted by molar-refractivity contribution is 7.91. The van der Waals surface area contributed by atoms with Crippen LogP contribution in [0, 0.1) is 6.92 Å². The Balaban J connectivity index is 2.19. The van der Waals surface area contributed by atoms with E-state index in [1.54, 1.807) is 14.0 Å². The number of methoxy groups -OCH3 is 1. The molecule has 0 aromatic carbocycles. The van der Waals surface area contributed by atoms with Crippen LogP contribution in [0.5, 0.6) is 0 Å². The molecule has 6 nitrogen and oxygen atoms in total. The highest BCUT2D eigenvalue weighted by Gasteiger charge is 2.32. The molecular formula is C10H17N3O3S2. The minimum atomic E-state index is -3.55. The van der Waals surface area contributed by atoms with E-state index in [2.05, 4.69) is 9.71 Å². The summed E-state index contributed by atoms with van der Waals surface area (Å²) in [6.07, 6.45) is 2.60. The Morgan fingerprint density at radius 3 is 2.78 bits per heavy atom. The van der Waals surface area contributed by atoms with Crippen molar-refractivity contribution in [3.63, 3.8) is 0 Å². The van der Waals surface area contributed by atoms with E-state index >= 15 is 0 Å². The van der Waals surface area contributed by atoms with Crippen molar-refractivity contribution in [1.82, 2.24) is 9.71 Å². The summed E-state index contributed by atoms with van der Waals surface area (Å²) in [5, 5.41) is 0.266. The van der Waals surface area contributed by atoms with Gasteiger partial charge in [-0.25, -0.2) is 18.1 Å². The molecule has 2 unspecified atom stereocenters. The van der Waals surface area contributed by atoms with Gasteiger partial charge in [-0.15, -0.1) is 0 Å². The number of hydrogen-bond acceptors (Lipinski definition) is 6. The Hall–Kier alpha value is -0.700. The second-order valence-corrected chi connectivity index (χ2v) is 7.30. The van der Waals surface area contributed by atoms with Gasteiger partial charge in [0.25, 0.3) is 10.0 Å². The van der Waals surface area contributed by atoms with E-state index in [9.17, 15) is 8.42 Å². The molecule has 3 N–H and O–H groups in total. The van der Waals surface area contributed by atoms with Gasteiger partial charge in [0.1, 0.15) is 0 Å². The summed E-state index contributed by atoms with van der Waals surface area (Å²) in [5.41, 5.74) is 5.97. The molecule has 0 aliphatic heterocycles. The van der Waals surface area contributed by atoms with Crippen molar-refractivity contribution in [3.05, 3.63) is 5.69 Å². The lowest BCUT2D eigenvalue weighted by Crippen LogP contribution is -2.40. The number of rotatable bonds is 4. The fourth-order valence-corrected chi connectivity index (χ4v) is 4.86.